The van der Waals surface area contributed by atoms with Crippen LogP contribution < -0.4 is 10.1 Å². The molecule has 3 heteroatoms. The molecule has 0 aliphatic carbocycles. The van der Waals surface area contributed by atoms with Crippen LogP contribution in [0.15, 0.2) is 41.8 Å². The fourth-order valence-corrected chi connectivity index (χ4v) is 2.53. The third-order valence-electron chi connectivity index (χ3n) is 2.88. The lowest BCUT2D eigenvalue weighted by Crippen LogP contribution is -2.19. The van der Waals surface area contributed by atoms with E-state index in [4.69, 9.17) is 4.74 Å². The number of benzene rings is 1. The molecule has 2 rings (SSSR count). The highest BCUT2D eigenvalue weighted by molar-refractivity contribution is 7.09. The Morgan fingerprint density at radius 1 is 1.06 bits per heavy atom. The molecular weight excluding hydrogens is 242 g/mol. The Morgan fingerprint density at radius 2 is 1.83 bits per heavy atom. The Kier molecular flexibility index (Phi) is 5.24. The van der Waals surface area contributed by atoms with Crippen molar-refractivity contribution in [2.75, 3.05) is 20.2 Å². The molecule has 2 aromatic rings. The van der Waals surface area contributed by atoms with Gasteiger partial charge in [-0.3, -0.25) is 0 Å². The molecule has 0 aliphatic rings. The Bertz CT molecular complexity index is 436. The fraction of sp³-hybridized carbons (Fsp3) is 0.333. The third-order valence-corrected chi connectivity index (χ3v) is 3.81. The largest absolute Gasteiger partial charge is 0.497 e. The van der Waals surface area contributed by atoms with Crippen LogP contribution in [0, 0.1) is 0 Å². The van der Waals surface area contributed by atoms with Crippen LogP contribution in [0.4, 0.5) is 0 Å². The molecule has 0 aliphatic heterocycles. The second kappa shape index (κ2) is 7.19. The number of ether oxygens (including phenoxy) is 1. The summed E-state index contributed by atoms with van der Waals surface area (Å²) in [5, 5.41) is 5.61. The van der Waals surface area contributed by atoms with Gasteiger partial charge in [-0.2, -0.15) is 0 Å². The zero-order valence-corrected chi connectivity index (χ0v) is 11.5. The summed E-state index contributed by atoms with van der Waals surface area (Å²) in [4.78, 5) is 1.45. The Labute approximate surface area is 113 Å². The van der Waals surface area contributed by atoms with Crippen molar-refractivity contribution in [1.29, 1.82) is 0 Å². The molecule has 1 heterocycles. The van der Waals surface area contributed by atoms with Crippen LogP contribution >= 0.6 is 11.3 Å². The van der Waals surface area contributed by atoms with Gasteiger partial charge in [0, 0.05) is 4.88 Å². The molecule has 18 heavy (non-hydrogen) atoms. The summed E-state index contributed by atoms with van der Waals surface area (Å²) >= 11 is 1.83. The van der Waals surface area contributed by atoms with E-state index in [1.165, 1.54) is 10.4 Å². The standard InChI is InChI=1S/C15H19NOS/c1-17-14-6-4-13(5-7-14)8-10-16-11-9-15-3-2-12-18-15/h2-7,12,16H,8-11H2,1H3. The van der Waals surface area contributed by atoms with E-state index >= 15 is 0 Å². The van der Waals surface area contributed by atoms with Gasteiger partial charge >= 0.3 is 0 Å². The van der Waals surface area contributed by atoms with Gasteiger partial charge in [0.2, 0.25) is 0 Å². The van der Waals surface area contributed by atoms with Crippen LogP contribution in [0.1, 0.15) is 10.4 Å². The minimum absolute atomic E-state index is 0.921. The summed E-state index contributed by atoms with van der Waals surface area (Å²) in [7, 11) is 1.70. The minimum Gasteiger partial charge on any atom is -0.497 e. The van der Waals surface area contributed by atoms with E-state index in [9.17, 15) is 0 Å². The summed E-state index contributed by atoms with van der Waals surface area (Å²) in [6.45, 7) is 2.08. The zero-order chi connectivity index (χ0) is 12.6. The quantitative estimate of drug-likeness (QED) is 0.773. The third kappa shape index (κ3) is 4.17. The first-order chi connectivity index (χ1) is 8.88. The normalized spacial score (nSPS) is 10.5. The van der Waals surface area contributed by atoms with E-state index in [0.717, 1.165) is 31.7 Å². The Hall–Kier alpha value is -1.32. The van der Waals surface area contributed by atoms with Gasteiger partial charge in [-0.25, -0.2) is 0 Å². The molecule has 0 fully saturated rings. The van der Waals surface area contributed by atoms with Crippen LogP contribution in [0.2, 0.25) is 0 Å². The summed E-state index contributed by atoms with van der Waals surface area (Å²) in [6, 6.07) is 12.6. The number of methoxy groups -OCH3 is 1. The highest BCUT2D eigenvalue weighted by Gasteiger charge is 1.96. The lowest BCUT2D eigenvalue weighted by Gasteiger charge is -2.05. The van der Waals surface area contributed by atoms with Crippen molar-refractivity contribution in [3.05, 3.63) is 52.2 Å². The van der Waals surface area contributed by atoms with Crippen molar-refractivity contribution >= 4 is 11.3 Å². The van der Waals surface area contributed by atoms with Crippen molar-refractivity contribution in [1.82, 2.24) is 5.32 Å². The molecule has 0 bridgehead atoms. The number of thiophene rings is 1. The topological polar surface area (TPSA) is 21.3 Å². The number of hydrogen-bond acceptors (Lipinski definition) is 3. The average molecular weight is 261 g/mol. The maximum atomic E-state index is 5.14. The fourth-order valence-electron chi connectivity index (χ4n) is 1.82. The molecule has 0 atom stereocenters. The minimum atomic E-state index is 0.921. The molecule has 1 aromatic carbocycles. The first kappa shape index (κ1) is 13.1. The van der Waals surface area contributed by atoms with E-state index in [1.807, 2.05) is 23.5 Å². The van der Waals surface area contributed by atoms with Crippen molar-refractivity contribution in [3.8, 4) is 5.75 Å². The summed E-state index contributed by atoms with van der Waals surface area (Å²) in [5.41, 5.74) is 1.35. The smallest absolute Gasteiger partial charge is 0.118 e. The molecule has 0 unspecified atom stereocenters. The Balaban J connectivity index is 1.62. The van der Waals surface area contributed by atoms with Gasteiger partial charge in [-0.05, 0) is 55.1 Å². The summed E-state index contributed by atoms with van der Waals surface area (Å²) < 4.78 is 5.14. The molecule has 0 amide bonds. The molecule has 96 valence electrons. The lowest BCUT2D eigenvalue weighted by molar-refractivity contribution is 0.414. The second-order valence-corrected chi connectivity index (χ2v) is 5.21. The van der Waals surface area contributed by atoms with E-state index in [1.54, 1.807) is 7.11 Å². The van der Waals surface area contributed by atoms with Crippen LogP contribution in [0.3, 0.4) is 0 Å². The van der Waals surface area contributed by atoms with Crippen molar-refractivity contribution in [3.63, 3.8) is 0 Å². The van der Waals surface area contributed by atoms with Gasteiger partial charge in [0.1, 0.15) is 5.75 Å². The average Bonchev–Trinajstić information content (AvgIpc) is 2.92. The van der Waals surface area contributed by atoms with Gasteiger partial charge in [-0.15, -0.1) is 11.3 Å². The maximum absolute atomic E-state index is 5.14. The number of rotatable bonds is 7. The first-order valence-corrected chi connectivity index (χ1v) is 7.12. The van der Waals surface area contributed by atoms with Gasteiger partial charge in [-0.1, -0.05) is 18.2 Å². The molecule has 1 N–H and O–H groups in total. The number of nitrogens with one attached hydrogen (secondary N) is 1. The first-order valence-electron chi connectivity index (χ1n) is 6.24. The van der Waals surface area contributed by atoms with Crippen molar-refractivity contribution in [2.24, 2.45) is 0 Å². The van der Waals surface area contributed by atoms with Gasteiger partial charge in [0.25, 0.3) is 0 Å². The van der Waals surface area contributed by atoms with E-state index in [-0.39, 0.29) is 0 Å². The number of hydrogen-bond donors (Lipinski definition) is 1. The molecule has 0 spiro atoms. The summed E-state index contributed by atoms with van der Waals surface area (Å²) in [5.74, 6) is 0.921. The highest BCUT2D eigenvalue weighted by atomic mass is 32.1. The predicted molar refractivity (Wildman–Crippen MR) is 77.6 cm³/mol. The van der Waals surface area contributed by atoms with Crippen LogP contribution in [0.5, 0.6) is 5.75 Å². The van der Waals surface area contributed by atoms with E-state index < -0.39 is 0 Å². The monoisotopic (exact) mass is 261 g/mol. The molecule has 1 aromatic heterocycles. The highest BCUT2D eigenvalue weighted by Crippen LogP contribution is 2.11. The van der Waals surface area contributed by atoms with Crippen molar-refractivity contribution in [2.45, 2.75) is 12.8 Å². The second-order valence-electron chi connectivity index (χ2n) is 4.18. The predicted octanol–water partition coefficient (Wildman–Crippen LogP) is 3.13. The molecule has 0 radical (unpaired) electrons. The summed E-state index contributed by atoms with van der Waals surface area (Å²) in [6.07, 6.45) is 2.19. The molecule has 0 saturated carbocycles. The van der Waals surface area contributed by atoms with Gasteiger partial charge in [0.15, 0.2) is 0 Å². The van der Waals surface area contributed by atoms with Crippen LogP contribution in [-0.4, -0.2) is 20.2 Å². The van der Waals surface area contributed by atoms with E-state index in [2.05, 4.69) is 35.0 Å². The SMILES string of the molecule is COc1ccc(CCNCCc2cccs2)cc1. The lowest BCUT2D eigenvalue weighted by atomic mass is 10.1. The maximum Gasteiger partial charge on any atom is 0.118 e. The van der Waals surface area contributed by atoms with Gasteiger partial charge < -0.3 is 10.1 Å². The molecular formula is C15H19NOS. The van der Waals surface area contributed by atoms with Crippen molar-refractivity contribution < 1.29 is 4.74 Å². The zero-order valence-electron chi connectivity index (χ0n) is 10.7. The van der Waals surface area contributed by atoms with Crippen LogP contribution in [0.25, 0.3) is 0 Å². The molecule has 0 saturated heterocycles. The van der Waals surface area contributed by atoms with E-state index in [0.29, 0.717) is 0 Å². The molecule has 2 nitrogen and oxygen atoms in total. The van der Waals surface area contributed by atoms with Gasteiger partial charge in [0.05, 0.1) is 7.11 Å². The van der Waals surface area contributed by atoms with Crippen LogP contribution in [-0.2, 0) is 12.8 Å². The Morgan fingerprint density at radius 3 is 2.50 bits per heavy atom.